The molecule has 0 saturated carbocycles. The first-order chi connectivity index (χ1) is 17.1. The molecule has 0 aliphatic carbocycles. The van der Waals surface area contributed by atoms with Gasteiger partial charge in [0, 0.05) is 17.4 Å². The highest BCUT2D eigenvalue weighted by Crippen LogP contribution is 2.32. The molecule has 1 aliphatic heterocycles. The highest BCUT2D eigenvalue weighted by atomic mass is 35.5. The van der Waals surface area contributed by atoms with Crippen molar-refractivity contribution in [1.29, 1.82) is 0 Å². The lowest BCUT2D eigenvalue weighted by molar-refractivity contribution is -0.123. The summed E-state index contributed by atoms with van der Waals surface area (Å²) in [5, 5.41) is 2.54. The Bertz CT molecular complexity index is 1410. The Kier molecular flexibility index (Phi) is 7.32. The molecular formula is C24H20ClFN2O7S. The number of halogens is 2. The lowest BCUT2D eigenvalue weighted by atomic mass is 10.2. The van der Waals surface area contributed by atoms with Crippen LogP contribution in [-0.4, -0.2) is 39.6 Å². The van der Waals surface area contributed by atoms with E-state index in [1.807, 2.05) is 0 Å². The van der Waals surface area contributed by atoms with Crippen LogP contribution in [0.3, 0.4) is 0 Å². The lowest BCUT2D eigenvalue weighted by Crippen LogP contribution is -2.30. The van der Waals surface area contributed by atoms with Crippen LogP contribution in [0.5, 0.6) is 11.5 Å². The van der Waals surface area contributed by atoms with E-state index in [1.165, 1.54) is 31.2 Å². The number of carbonyl (C=O) groups is 2. The van der Waals surface area contributed by atoms with Crippen LogP contribution in [0.25, 0.3) is 0 Å². The van der Waals surface area contributed by atoms with E-state index in [-0.39, 0.29) is 21.2 Å². The summed E-state index contributed by atoms with van der Waals surface area (Å²) in [7, 11) is -4.13. The number of rotatable bonds is 7. The predicted molar refractivity (Wildman–Crippen MR) is 130 cm³/mol. The van der Waals surface area contributed by atoms with Gasteiger partial charge in [-0.2, -0.15) is 0 Å². The number of amides is 1. The monoisotopic (exact) mass is 534 g/mol. The van der Waals surface area contributed by atoms with Gasteiger partial charge in [-0.05, 0) is 61.5 Å². The van der Waals surface area contributed by atoms with Crippen molar-refractivity contribution in [3.8, 4) is 11.5 Å². The minimum Gasteiger partial charge on any atom is -0.486 e. The molecule has 12 heteroatoms. The number of nitrogens with one attached hydrogen (secondary N) is 2. The van der Waals surface area contributed by atoms with Crippen LogP contribution in [0.1, 0.15) is 17.3 Å². The van der Waals surface area contributed by atoms with Crippen molar-refractivity contribution in [2.75, 3.05) is 23.3 Å². The van der Waals surface area contributed by atoms with E-state index in [0.717, 1.165) is 18.2 Å². The van der Waals surface area contributed by atoms with Crippen LogP contribution in [-0.2, 0) is 19.6 Å². The van der Waals surface area contributed by atoms with Crippen LogP contribution in [0.15, 0.2) is 65.6 Å². The standard InChI is InChI=1S/C24H20ClFN2O7S/c1-14(23(29)27-17-6-9-21-22(12-17)34-11-10-33-21)35-24(30)19-13-18(7-8-20(19)25)36(31,32)28-16-4-2-15(26)3-5-16/h2-9,12-14,28H,10-11H2,1H3,(H,27,29)/t14-/m0/s1. The third-order valence-electron chi connectivity index (χ3n) is 5.03. The van der Waals surface area contributed by atoms with Crippen LogP contribution in [0, 0.1) is 5.82 Å². The summed E-state index contributed by atoms with van der Waals surface area (Å²) in [5.41, 5.74) is 0.280. The van der Waals surface area contributed by atoms with E-state index in [1.54, 1.807) is 18.2 Å². The summed E-state index contributed by atoms with van der Waals surface area (Å²) in [6.45, 7) is 2.17. The van der Waals surface area contributed by atoms with Gasteiger partial charge >= 0.3 is 5.97 Å². The van der Waals surface area contributed by atoms with Gasteiger partial charge in [0.1, 0.15) is 19.0 Å². The summed E-state index contributed by atoms with van der Waals surface area (Å²) in [6, 6.07) is 13.0. The van der Waals surface area contributed by atoms with Gasteiger partial charge in [-0.25, -0.2) is 17.6 Å². The molecule has 0 saturated heterocycles. The second-order valence-corrected chi connectivity index (χ2v) is 9.74. The minimum atomic E-state index is -4.13. The maximum atomic E-state index is 13.1. The van der Waals surface area contributed by atoms with Crippen LogP contribution >= 0.6 is 11.6 Å². The van der Waals surface area contributed by atoms with E-state index in [2.05, 4.69) is 10.0 Å². The molecule has 1 amide bonds. The normalized spacial score (nSPS) is 13.4. The molecule has 3 aromatic carbocycles. The number of esters is 1. The maximum absolute atomic E-state index is 13.1. The molecule has 3 aromatic rings. The Morgan fingerprint density at radius 1 is 0.972 bits per heavy atom. The average Bonchev–Trinajstić information content (AvgIpc) is 2.85. The molecule has 0 bridgehead atoms. The number of ether oxygens (including phenoxy) is 3. The number of fused-ring (bicyclic) bond motifs is 1. The van der Waals surface area contributed by atoms with Crippen LogP contribution in [0.2, 0.25) is 5.02 Å². The van der Waals surface area contributed by atoms with Gasteiger partial charge in [0.05, 0.1) is 15.5 Å². The summed E-state index contributed by atoms with van der Waals surface area (Å²) in [5.74, 6) is -1.12. The molecule has 0 spiro atoms. The quantitative estimate of drug-likeness (QED) is 0.435. The zero-order valence-corrected chi connectivity index (χ0v) is 20.4. The number of hydrogen-bond acceptors (Lipinski definition) is 7. The highest BCUT2D eigenvalue weighted by Gasteiger charge is 2.24. The van der Waals surface area contributed by atoms with Gasteiger partial charge in [0.25, 0.3) is 15.9 Å². The molecule has 2 N–H and O–H groups in total. The van der Waals surface area contributed by atoms with Crippen molar-refractivity contribution in [2.24, 2.45) is 0 Å². The number of hydrogen-bond donors (Lipinski definition) is 2. The molecule has 36 heavy (non-hydrogen) atoms. The van der Waals surface area contributed by atoms with Crippen molar-refractivity contribution in [2.45, 2.75) is 17.9 Å². The average molecular weight is 535 g/mol. The molecule has 1 atom stereocenters. The minimum absolute atomic E-state index is 0.0693. The van der Waals surface area contributed by atoms with E-state index in [4.69, 9.17) is 25.8 Å². The topological polar surface area (TPSA) is 120 Å². The fourth-order valence-electron chi connectivity index (χ4n) is 3.20. The molecule has 9 nitrogen and oxygen atoms in total. The SMILES string of the molecule is C[C@H](OC(=O)c1cc(S(=O)(=O)Nc2ccc(F)cc2)ccc1Cl)C(=O)Nc1ccc2c(c1)OCCO2. The molecular weight excluding hydrogens is 515 g/mol. The number of carbonyl (C=O) groups excluding carboxylic acids is 2. The fourth-order valence-corrected chi connectivity index (χ4v) is 4.48. The maximum Gasteiger partial charge on any atom is 0.340 e. The largest absolute Gasteiger partial charge is 0.486 e. The molecule has 0 fully saturated rings. The second kappa shape index (κ2) is 10.4. The Morgan fingerprint density at radius 2 is 1.64 bits per heavy atom. The highest BCUT2D eigenvalue weighted by molar-refractivity contribution is 7.92. The molecule has 0 aromatic heterocycles. The van der Waals surface area contributed by atoms with Gasteiger partial charge in [-0.15, -0.1) is 0 Å². The van der Waals surface area contributed by atoms with Gasteiger partial charge in [0.2, 0.25) is 0 Å². The zero-order chi connectivity index (χ0) is 25.9. The van der Waals surface area contributed by atoms with Crippen molar-refractivity contribution in [3.05, 3.63) is 77.1 Å². The number of benzene rings is 3. The van der Waals surface area contributed by atoms with E-state index in [0.29, 0.717) is 30.4 Å². The first kappa shape index (κ1) is 25.3. The van der Waals surface area contributed by atoms with Crippen molar-refractivity contribution in [1.82, 2.24) is 0 Å². The fraction of sp³-hybridized carbons (Fsp3) is 0.167. The molecule has 0 unspecified atom stereocenters. The Hall–Kier alpha value is -3.83. The molecule has 4 rings (SSSR count). The molecule has 188 valence electrons. The third kappa shape index (κ3) is 5.86. The smallest absolute Gasteiger partial charge is 0.340 e. The Labute approximate surface area is 211 Å². The van der Waals surface area contributed by atoms with E-state index >= 15 is 0 Å². The molecule has 1 aliphatic rings. The summed E-state index contributed by atoms with van der Waals surface area (Å²) in [6.07, 6.45) is -1.24. The van der Waals surface area contributed by atoms with Crippen molar-refractivity contribution < 1.29 is 36.6 Å². The Balaban J connectivity index is 1.44. The number of anilines is 2. The Morgan fingerprint density at radius 3 is 2.36 bits per heavy atom. The second-order valence-electron chi connectivity index (χ2n) is 7.65. The van der Waals surface area contributed by atoms with Crippen LogP contribution < -0.4 is 19.5 Å². The first-order valence-electron chi connectivity index (χ1n) is 10.6. The molecule has 0 radical (unpaired) electrons. The summed E-state index contributed by atoms with van der Waals surface area (Å²) >= 11 is 6.09. The van der Waals surface area contributed by atoms with Crippen LogP contribution in [0.4, 0.5) is 15.8 Å². The molecule has 1 heterocycles. The van der Waals surface area contributed by atoms with E-state index < -0.39 is 33.8 Å². The van der Waals surface area contributed by atoms with Gasteiger partial charge < -0.3 is 19.5 Å². The zero-order valence-electron chi connectivity index (χ0n) is 18.8. The predicted octanol–water partition coefficient (Wildman–Crippen LogP) is 4.24. The van der Waals surface area contributed by atoms with Gasteiger partial charge in [-0.3, -0.25) is 9.52 Å². The third-order valence-corrected chi connectivity index (χ3v) is 6.74. The van der Waals surface area contributed by atoms with Gasteiger partial charge in [0.15, 0.2) is 17.6 Å². The van der Waals surface area contributed by atoms with Crippen molar-refractivity contribution >= 4 is 44.9 Å². The first-order valence-corrected chi connectivity index (χ1v) is 12.5. The lowest BCUT2D eigenvalue weighted by Gasteiger charge is -2.19. The summed E-state index contributed by atoms with van der Waals surface area (Å²) < 4.78 is 57.0. The van der Waals surface area contributed by atoms with Gasteiger partial charge in [-0.1, -0.05) is 11.6 Å². The van der Waals surface area contributed by atoms with E-state index in [9.17, 15) is 22.4 Å². The van der Waals surface area contributed by atoms with Crippen molar-refractivity contribution in [3.63, 3.8) is 0 Å². The summed E-state index contributed by atoms with van der Waals surface area (Å²) in [4.78, 5) is 25.0. The number of sulfonamides is 1.